The number of hydrazine groups is 1. The maximum atomic E-state index is 13.4. The molecule has 2 aromatic carbocycles. The number of para-hydroxylation sites is 1. The monoisotopic (exact) mass is 567 g/mol. The van der Waals surface area contributed by atoms with Gasteiger partial charge in [-0.2, -0.15) is 5.10 Å². The van der Waals surface area contributed by atoms with Crippen LogP contribution in [0, 0.1) is 5.82 Å². The molecule has 0 bridgehead atoms. The Morgan fingerprint density at radius 2 is 1.67 bits per heavy atom. The van der Waals surface area contributed by atoms with Crippen LogP contribution in [-0.4, -0.2) is 44.7 Å². The number of pyridine rings is 1. The molecule has 1 aliphatic rings. The van der Waals surface area contributed by atoms with Gasteiger partial charge in [0.1, 0.15) is 11.6 Å². The molecule has 3 heterocycles. The van der Waals surface area contributed by atoms with Gasteiger partial charge in [0.05, 0.1) is 39.2 Å². The normalized spacial score (nSPS) is 18.6. The summed E-state index contributed by atoms with van der Waals surface area (Å²) in [6.07, 6.45) is 1.06. The first-order valence-corrected chi connectivity index (χ1v) is 12.9. The van der Waals surface area contributed by atoms with E-state index in [1.165, 1.54) is 35.0 Å². The molecule has 0 aliphatic carbocycles. The molecule has 1 saturated heterocycles. The number of anilines is 1. The second-order valence-corrected chi connectivity index (χ2v) is 9.97. The summed E-state index contributed by atoms with van der Waals surface area (Å²) in [4.78, 5) is 30.6. The second kappa shape index (κ2) is 11.1. The van der Waals surface area contributed by atoms with E-state index in [1.807, 2.05) is 32.0 Å². The fourth-order valence-corrected chi connectivity index (χ4v) is 4.90. The van der Waals surface area contributed by atoms with Crippen LogP contribution in [-0.2, 0) is 0 Å². The van der Waals surface area contributed by atoms with Gasteiger partial charge in [0, 0.05) is 23.7 Å². The Morgan fingerprint density at radius 1 is 0.949 bits per heavy atom. The topological polar surface area (TPSA) is 113 Å². The largest absolute Gasteiger partial charge is 0.345 e. The number of carbonyl (C=O) groups excluding carboxylic acids is 2. The van der Waals surface area contributed by atoms with Crippen molar-refractivity contribution in [2.45, 2.75) is 32.0 Å². The van der Waals surface area contributed by atoms with Gasteiger partial charge in [-0.3, -0.25) is 25.4 Å². The number of carbonyl (C=O) groups is 2. The lowest BCUT2D eigenvalue weighted by molar-refractivity contribution is 0.0925. The zero-order valence-electron chi connectivity index (χ0n) is 20.9. The van der Waals surface area contributed by atoms with Crippen LogP contribution in [0.3, 0.4) is 0 Å². The van der Waals surface area contributed by atoms with Crippen molar-refractivity contribution in [3.8, 4) is 16.9 Å². The van der Waals surface area contributed by atoms with Gasteiger partial charge in [0.15, 0.2) is 5.69 Å². The van der Waals surface area contributed by atoms with Gasteiger partial charge < -0.3 is 10.6 Å². The molecule has 0 spiro atoms. The summed E-state index contributed by atoms with van der Waals surface area (Å²) in [5.41, 5.74) is 7.85. The Kier molecular flexibility index (Phi) is 7.62. The Hall–Kier alpha value is -3.83. The van der Waals surface area contributed by atoms with Crippen molar-refractivity contribution in [1.82, 2.24) is 30.9 Å². The summed E-state index contributed by atoms with van der Waals surface area (Å²) in [5.74, 6) is -1.19. The number of hydrogen-bond donors (Lipinski definition) is 4. The number of amides is 2. The predicted octanol–water partition coefficient (Wildman–Crippen LogP) is 4.62. The molecule has 9 nitrogen and oxygen atoms in total. The predicted molar refractivity (Wildman–Crippen MR) is 148 cm³/mol. The van der Waals surface area contributed by atoms with E-state index >= 15 is 0 Å². The van der Waals surface area contributed by atoms with Crippen LogP contribution < -0.4 is 21.5 Å². The van der Waals surface area contributed by atoms with E-state index in [4.69, 9.17) is 23.2 Å². The van der Waals surface area contributed by atoms with Gasteiger partial charge in [-0.15, -0.1) is 0 Å². The Balaban J connectivity index is 1.47. The quantitative estimate of drug-likeness (QED) is 0.270. The van der Waals surface area contributed by atoms with Crippen molar-refractivity contribution in [3.63, 3.8) is 0 Å². The van der Waals surface area contributed by atoms with Gasteiger partial charge in [-0.05, 0) is 50.2 Å². The zero-order valence-corrected chi connectivity index (χ0v) is 22.4. The Bertz CT molecular complexity index is 1520. The molecule has 1 aliphatic heterocycles. The first kappa shape index (κ1) is 26.8. The third kappa shape index (κ3) is 5.64. The average Bonchev–Trinajstić information content (AvgIpc) is 3.48. The molecule has 39 heavy (non-hydrogen) atoms. The van der Waals surface area contributed by atoms with E-state index in [2.05, 4.69) is 31.6 Å². The van der Waals surface area contributed by atoms with Crippen molar-refractivity contribution in [2.75, 3.05) is 5.32 Å². The van der Waals surface area contributed by atoms with Crippen LogP contribution in [0.5, 0.6) is 0 Å². The van der Waals surface area contributed by atoms with Crippen LogP contribution in [0.1, 0.15) is 34.7 Å². The molecule has 2 amide bonds. The Labute approximate surface area is 233 Å². The lowest BCUT2D eigenvalue weighted by atomic mass is 10.1. The molecule has 2 unspecified atom stereocenters. The molecule has 2 aromatic heterocycles. The molecule has 0 saturated carbocycles. The van der Waals surface area contributed by atoms with E-state index in [0.717, 1.165) is 6.20 Å². The van der Waals surface area contributed by atoms with Crippen LogP contribution in [0.2, 0.25) is 10.0 Å². The fourth-order valence-electron chi connectivity index (χ4n) is 4.34. The van der Waals surface area contributed by atoms with Crippen LogP contribution in [0.25, 0.3) is 16.9 Å². The van der Waals surface area contributed by atoms with Crippen LogP contribution in [0.4, 0.5) is 10.2 Å². The second-order valence-electron chi connectivity index (χ2n) is 9.16. The summed E-state index contributed by atoms with van der Waals surface area (Å²) in [7, 11) is 0. The minimum atomic E-state index is -0.560. The van der Waals surface area contributed by atoms with Gasteiger partial charge in [0.2, 0.25) is 0 Å². The smallest absolute Gasteiger partial charge is 0.272 e. The van der Waals surface area contributed by atoms with Gasteiger partial charge in [-0.1, -0.05) is 41.4 Å². The highest BCUT2D eigenvalue weighted by atomic mass is 35.5. The highest BCUT2D eigenvalue weighted by Crippen LogP contribution is 2.32. The Morgan fingerprint density at radius 3 is 2.33 bits per heavy atom. The van der Waals surface area contributed by atoms with Gasteiger partial charge >= 0.3 is 0 Å². The maximum absolute atomic E-state index is 13.4. The van der Waals surface area contributed by atoms with Crippen molar-refractivity contribution >= 4 is 40.8 Å². The van der Waals surface area contributed by atoms with Crippen LogP contribution in [0.15, 0.2) is 66.9 Å². The fraction of sp³-hybridized carbons (Fsp3) is 0.185. The molecule has 12 heteroatoms. The third-order valence-electron chi connectivity index (χ3n) is 6.40. The summed E-state index contributed by atoms with van der Waals surface area (Å²) in [6.45, 7) is 3.92. The molecule has 4 aromatic rings. The van der Waals surface area contributed by atoms with Crippen molar-refractivity contribution < 1.29 is 14.0 Å². The standard InChI is InChI=1S/C27H24Cl2FN7O2/c1-14-25(15(2)35-34-14)33-27(39)23-12-24(37(36-23)17-6-4-3-5-7-17)32-26(38)19-10-18(20(28)11-21(19)29)22-9-8-16(30)13-31-22/h3-15,25,34-35H,1-2H3,(H,32,38)(H,33,39). The number of aromatic nitrogens is 3. The molecule has 1 fully saturated rings. The van der Waals surface area contributed by atoms with E-state index in [9.17, 15) is 14.0 Å². The first-order valence-electron chi connectivity index (χ1n) is 12.1. The maximum Gasteiger partial charge on any atom is 0.272 e. The lowest BCUT2D eigenvalue weighted by Crippen LogP contribution is -2.46. The highest BCUT2D eigenvalue weighted by molar-refractivity contribution is 6.38. The molecule has 2 atom stereocenters. The zero-order chi connectivity index (χ0) is 27.7. The number of rotatable bonds is 6. The first-order chi connectivity index (χ1) is 18.7. The van der Waals surface area contributed by atoms with Crippen molar-refractivity contribution in [2.24, 2.45) is 0 Å². The van der Waals surface area contributed by atoms with Gasteiger partial charge in [-0.25, -0.2) is 9.07 Å². The summed E-state index contributed by atoms with van der Waals surface area (Å²) >= 11 is 12.7. The number of nitrogens with one attached hydrogen (secondary N) is 4. The summed E-state index contributed by atoms with van der Waals surface area (Å²) < 4.78 is 14.9. The van der Waals surface area contributed by atoms with Crippen molar-refractivity contribution in [3.05, 3.63) is 94.0 Å². The number of benzene rings is 2. The highest BCUT2D eigenvalue weighted by Gasteiger charge is 2.32. The van der Waals surface area contributed by atoms with E-state index < -0.39 is 11.7 Å². The van der Waals surface area contributed by atoms with Gasteiger partial charge in [0.25, 0.3) is 11.8 Å². The molecule has 200 valence electrons. The lowest BCUT2D eigenvalue weighted by Gasteiger charge is -2.18. The average molecular weight is 568 g/mol. The van der Waals surface area contributed by atoms with E-state index in [0.29, 0.717) is 16.9 Å². The number of nitrogens with zero attached hydrogens (tertiary/aromatic N) is 3. The molecular formula is C27H24Cl2FN7O2. The van der Waals surface area contributed by atoms with Crippen LogP contribution >= 0.6 is 23.2 Å². The molecule has 0 radical (unpaired) electrons. The van der Waals surface area contributed by atoms with Crippen molar-refractivity contribution in [1.29, 1.82) is 0 Å². The van der Waals surface area contributed by atoms with E-state index in [1.54, 1.807) is 12.1 Å². The number of halogens is 3. The molecule has 5 rings (SSSR count). The SMILES string of the molecule is CC1NNC(C)C1NC(=O)c1cc(NC(=O)c2cc(-c3ccc(F)cn3)c(Cl)cc2Cl)n(-c2ccccc2)n1. The molecule has 4 N–H and O–H groups in total. The number of hydrogen-bond acceptors (Lipinski definition) is 6. The van der Waals surface area contributed by atoms with E-state index in [-0.39, 0.29) is 51.2 Å². The summed E-state index contributed by atoms with van der Waals surface area (Å²) in [6, 6.07) is 16.1. The minimum Gasteiger partial charge on any atom is -0.345 e. The summed E-state index contributed by atoms with van der Waals surface area (Å²) in [5, 5.41) is 10.6. The third-order valence-corrected chi connectivity index (χ3v) is 7.03. The minimum absolute atomic E-state index is 0.0103. The molecular weight excluding hydrogens is 544 g/mol.